The molecule has 5 rings (SSSR count). The van der Waals surface area contributed by atoms with E-state index in [1.54, 1.807) is 24.5 Å². The first-order chi connectivity index (χ1) is 17.8. The monoisotopic (exact) mass is 525 g/mol. The van der Waals surface area contributed by atoms with Crippen LogP contribution in [0.4, 0.5) is 20.3 Å². The van der Waals surface area contributed by atoms with E-state index >= 15 is 0 Å². The Balaban J connectivity index is 1.30. The van der Waals surface area contributed by atoms with E-state index in [0.717, 1.165) is 31.1 Å². The number of halogens is 3. The van der Waals surface area contributed by atoms with E-state index in [9.17, 15) is 13.6 Å². The quantitative estimate of drug-likeness (QED) is 0.321. The summed E-state index contributed by atoms with van der Waals surface area (Å²) in [6.45, 7) is 0. The Morgan fingerprint density at radius 3 is 2.76 bits per heavy atom. The van der Waals surface area contributed by atoms with Gasteiger partial charge in [-0.3, -0.25) is 9.78 Å². The van der Waals surface area contributed by atoms with Crippen LogP contribution in [0.3, 0.4) is 0 Å². The largest absolute Gasteiger partial charge is 0.378 e. The molecule has 11 heteroatoms. The van der Waals surface area contributed by atoms with Crippen molar-refractivity contribution in [3.8, 4) is 11.4 Å². The molecule has 3 aromatic heterocycles. The minimum absolute atomic E-state index is 0.0548. The molecule has 2 atom stereocenters. The van der Waals surface area contributed by atoms with Gasteiger partial charge in [0, 0.05) is 60.2 Å². The number of carbonyl (C=O) groups excluding carboxylic acids is 1. The number of carbonyl (C=O) groups is 1. The first-order valence-corrected chi connectivity index (χ1v) is 12.4. The first kappa shape index (κ1) is 24.9. The second kappa shape index (κ2) is 10.3. The van der Waals surface area contributed by atoms with E-state index in [-0.39, 0.29) is 40.2 Å². The average molecular weight is 526 g/mol. The van der Waals surface area contributed by atoms with Crippen molar-refractivity contribution in [3.05, 3.63) is 65.2 Å². The lowest BCUT2D eigenvalue weighted by atomic mass is 9.91. The minimum Gasteiger partial charge on any atom is -0.378 e. The molecular formula is C26H26ClF2N7O. The number of H-pyrrole nitrogens is 1. The Morgan fingerprint density at radius 1 is 1.14 bits per heavy atom. The molecule has 8 nitrogen and oxygen atoms in total. The van der Waals surface area contributed by atoms with Crippen LogP contribution in [-0.2, 0) is 0 Å². The van der Waals surface area contributed by atoms with Gasteiger partial charge in [0.2, 0.25) is 0 Å². The SMILES string of the molecule is CN(C)c1ccnc(C(=O)N[C@@H]2CCC[C@H](Nc3nc(-c4c[nH]c5c(F)cc(Cl)cc45)ncc3F)C2)c1. The zero-order valence-corrected chi connectivity index (χ0v) is 21.1. The zero-order chi connectivity index (χ0) is 26.1. The summed E-state index contributed by atoms with van der Waals surface area (Å²) >= 11 is 6.03. The Kier molecular flexibility index (Phi) is 6.92. The number of aromatic nitrogens is 4. The van der Waals surface area contributed by atoms with Gasteiger partial charge in [-0.25, -0.2) is 18.7 Å². The Morgan fingerprint density at radius 2 is 1.95 bits per heavy atom. The number of hydrogen-bond donors (Lipinski definition) is 3. The lowest BCUT2D eigenvalue weighted by Gasteiger charge is -2.30. The third-order valence-electron chi connectivity index (χ3n) is 6.53. The molecule has 1 aliphatic carbocycles. The summed E-state index contributed by atoms with van der Waals surface area (Å²) in [6, 6.07) is 6.22. The second-order valence-electron chi connectivity index (χ2n) is 9.37. The number of rotatable bonds is 6. The van der Waals surface area contributed by atoms with Gasteiger partial charge in [-0.2, -0.15) is 0 Å². The van der Waals surface area contributed by atoms with Gasteiger partial charge in [0.15, 0.2) is 17.5 Å². The van der Waals surface area contributed by atoms with Crippen molar-refractivity contribution in [2.45, 2.75) is 37.8 Å². The molecule has 0 radical (unpaired) electrons. The van der Waals surface area contributed by atoms with Crippen LogP contribution in [-0.4, -0.2) is 52.0 Å². The summed E-state index contributed by atoms with van der Waals surface area (Å²) in [4.78, 5) is 30.3. The van der Waals surface area contributed by atoms with Crippen molar-refractivity contribution in [3.63, 3.8) is 0 Å². The van der Waals surface area contributed by atoms with Crippen molar-refractivity contribution >= 4 is 39.9 Å². The number of aromatic amines is 1. The smallest absolute Gasteiger partial charge is 0.270 e. The van der Waals surface area contributed by atoms with E-state index < -0.39 is 11.6 Å². The van der Waals surface area contributed by atoms with E-state index in [1.807, 2.05) is 25.1 Å². The topological polar surface area (TPSA) is 98.8 Å². The molecule has 1 fully saturated rings. The third kappa shape index (κ3) is 5.34. The molecule has 3 heterocycles. The Bertz CT molecular complexity index is 1460. The highest BCUT2D eigenvalue weighted by Crippen LogP contribution is 2.32. The second-order valence-corrected chi connectivity index (χ2v) is 9.81. The molecule has 3 N–H and O–H groups in total. The summed E-state index contributed by atoms with van der Waals surface area (Å²) in [5, 5.41) is 6.99. The highest BCUT2D eigenvalue weighted by atomic mass is 35.5. The van der Waals surface area contributed by atoms with Crippen LogP contribution in [0, 0.1) is 11.6 Å². The maximum Gasteiger partial charge on any atom is 0.270 e. The summed E-state index contributed by atoms with van der Waals surface area (Å²) in [5.74, 6) is -1.03. The fraction of sp³-hybridized carbons (Fsp3) is 0.308. The third-order valence-corrected chi connectivity index (χ3v) is 6.75. The van der Waals surface area contributed by atoms with Crippen molar-refractivity contribution in [1.82, 2.24) is 25.3 Å². The van der Waals surface area contributed by atoms with Crippen LogP contribution >= 0.6 is 11.6 Å². The van der Waals surface area contributed by atoms with Crippen molar-refractivity contribution < 1.29 is 13.6 Å². The normalized spacial score (nSPS) is 17.5. The van der Waals surface area contributed by atoms with E-state index in [1.165, 1.54) is 6.07 Å². The molecule has 0 unspecified atom stereocenters. The predicted octanol–water partition coefficient (Wildman–Crippen LogP) is 5.17. The van der Waals surface area contributed by atoms with Crippen molar-refractivity contribution in [1.29, 1.82) is 0 Å². The molecule has 0 saturated heterocycles. The fourth-order valence-corrected chi connectivity index (χ4v) is 4.87. The number of benzene rings is 1. The standard InChI is InChI=1S/C26H26ClF2N7O/c1-36(2)17-6-7-30-22(11-17)26(37)34-16-5-3-4-15(10-16)33-25-21(29)13-32-24(35-25)19-12-31-23-18(19)8-14(27)9-20(23)28/h6-9,11-13,15-16,31H,3-5,10H2,1-2H3,(H,34,37)(H,32,33,35)/t15-,16+/m0/s1. The van der Waals surface area contributed by atoms with Gasteiger partial charge < -0.3 is 20.5 Å². The molecule has 0 spiro atoms. The van der Waals surface area contributed by atoms with Crippen LogP contribution in [0.5, 0.6) is 0 Å². The van der Waals surface area contributed by atoms with Gasteiger partial charge in [-0.05, 0) is 49.9 Å². The van der Waals surface area contributed by atoms with Crippen molar-refractivity contribution in [2.24, 2.45) is 0 Å². The molecule has 0 aliphatic heterocycles. The highest BCUT2D eigenvalue weighted by molar-refractivity contribution is 6.31. The van der Waals surface area contributed by atoms with Crippen molar-refractivity contribution in [2.75, 3.05) is 24.3 Å². The fourth-order valence-electron chi connectivity index (χ4n) is 4.66. The molecule has 0 bridgehead atoms. The van der Waals surface area contributed by atoms with Crippen LogP contribution in [0.15, 0.2) is 42.9 Å². The van der Waals surface area contributed by atoms with Gasteiger partial charge in [-0.1, -0.05) is 11.6 Å². The predicted molar refractivity (Wildman–Crippen MR) is 140 cm³/mol. The number of amides is 1. The maximum absolute atomic E-state index is 14.7. The molecule has 1 amide bonds. The molecule has 37 heavy (non-hydrogen) atoms. The number of nitrogens with zero attached hydrogens (tertiary/aromatic N) is 4. The Hall–Kier alpha value is -3.79. The van der Waals surface area contributed by atoms with Gasteiger partial charge in [0.1, 0.15) is 11.5 Å². The number of pyridine rings is 1. The maximum atomic E-state index is 14.7. The van der Waals surface area contributed by atoms with Crippen LogP contribution in [0.2, 0.25) is 5.02 Å². The van der Waals surface area contributed by atoms with E-state index in [0.29, 0.717) is 23.1 Å². The van der Waals surface area contributed by atoms with Crippen LogP contribution in [0.25, 0.3) is 22.3 Å². The van der Waals surface area contributed by atoms with Crippen LogP contribution in [0.1, 0.15) is 36.2 Å². The highest BCUT2D eigenvalue weighted by Gasteiger charge is 2.26. The molecule has 4 aromatic rings. The van der Waals surface area contributed by atoms with Gasteiger partial charge in [-0.15, -0.1) is 0 Å². The summed E-state index contributed by atoms with van der Waals surface area (Å²) < 4.78 is 28.9. The number of nitrogens with one attached hydrogen (secondary N) is 3. The molecule has 1 aliphatic rings. The lowest BCUT2D eigenvalue weighted by molar-refractivity contribution is 0.0921. The first-order valence-electron chi connectivity index (χ1n) is 12.0. The van der Waals surface area contributed by atoms with E-state index in [4.69, 9.17) is 11.6 Å². The van der Waals surface area contributed by atoms with Crippen LogP contribution < -0.4 is 15.5 Å². The average Bonchev–Trinajstić information content (AvgIpc) is 3.30. The van der Waals surface area contributed by atoms with Gasteiger partial charge in [0.05, 0.1) is 11.7 Å². The lowest BCUT2D eigenvalue weighted by Crippen LogP contribution is -2.42. The molecular weight excluding hydrogens is 500 g/mol. The summed E-state index contributed by atoms with van der Waals surface area (Å²) in [6.07, 6.45) is 7.35. The number of hydrogen-bond acceptors (Lipinski definition) is 6. The summed E-state index contributed by atoms with van der Waals surface area (Å²) in [7, 11) is 3.80. The van der Waals surface area contributed by atoms with Gasteiger partial charge >= 0.3 is 0 Å². The molecule has 1 saturated carbocycles. The number of fused-ring (bicyclic) bond motifs is 1. The number of anilines is 2. The minimum atomic E-state index is -0.594. The van der Waals surface area contributed by atoms with Gasteiger partial charge in [0.25, 0.3) is 5.91 Å². The molecule has 192 valence electrons. The van der Waals surface area contributed by atoms with E-state index in [2.05, 4.69) is 30.6 Å². The zero-order valence-electron chi connectivity index (χ0n) is 20.4. The summed E-state index contributed by atoms with van der Waals surface area (Å²) in [5.41, 5.74) is 2.03. The Labute approximate surface area is 217 Å². The molecule has 1 aromatic carbocycles.